The van der Waals surface area contributed by atoms with E-state index in [1.54, 1.807) is 18.2 Å². The van der Waals surface area contributed by atoms with Gasteiger partial charge in [-0.05, 0) is 24.3 Å². The third kappa shape index (κ3) is 3.06. The monoisotopic (exact) mass is 275 g/mol. The van der Waals surface area contributed by atoms with Crippen molar-refractivity contribution in [3.05, 3.63) is 53.1 Å². The largest absolute Gasteiger partial charge is 0.456 e. The maximum atomic E-state index is 11.0. The van der Waals surface area contributed by atoms with Crippen LogP contribution in [-0.2, 0) is 0 Å². The van der Waals surface area contributed by atoms with Crippen molar-refractivity contribution in [2.24, 2.45) is 0 Å². The Morgan fingerprint density at radius 1 is 1.16 bits per heavy atom. The van der Waals surface area contributed by atoms with Crippen LogP contribution in [0, 0.1) is 0 Å². The summed E-state index contributed by atoms with van der Waals surface area (Å²) in [5.41, 5.74) is 1.38. The second-order valence-electron chi connectivity index (χ2n) is 4.26. The average molecular weight is 276 g/mol. The highest BCUT2D eigenvalue weighted by molar-refractivity contribution is 6.33. The SMILES string of the molecule is CN(C)c1cccc(Oc2cccc(Cl)c2C=O)c1. The van der Waals surface area contributed by atoms with Crippen LogP contribution >= 0.6 is 11.6 Å². The minimum Gasteiger partial charge on any atom is -0.456 e. The van der Waals surface area contributed by atoms with Gasteiger partial charge in [-0.2, -0.15) is 0 Å². The van der Waals surface area contributed by atoms with Crippen molar-refractivity contribution in [2.75, 3.05) is 19.0 Å². The van der Waals surface area contributed by atoms with Gasteiger partial charge in [0.2, 0.25) is 0 Å². The highest BCUT2D eigenvalue weighted by atomic mass is 35.5. The van der Waals surface area contributed by atoms with E-state index in [4.69, 9.17) is 16.3 Å². The van der Waals surface area contributed by atoms with Gasteiger partial charge in [-0.15, -0.1) is 0 Å². The number of benzene rings is 2. The summed E-state index contributed by atoms with van der Waals surface area (Å²) in [4.78, 5) is 13.0. The molecule has 0 N–H and O–H groups in total. The summed E-state index contributed by atoms with van der Waals surface area (Å²) < 4.78 is 5.73. The molecule has 2 rings (SSSR count). The molecule has 0 aliphatic rings. The summed E-state index contributed by atoms with van der Waals surface area (Å²) >= 11 is 5.96. The lowest BCUT2D eigenvalue weighted by Gasteiger charge is -2.14. The van der Waals surface area contributed by atoms with Crippen LogP contribution in [0.5, 0.6) is 11.5 Å². The van der Waals surface area contributed by atoms with E-state index in [1.807, 2.05) is 43.3 Å². The van der Waals surface area contributed by atoms with Crippen molar-refractivity contribution in [3.63, 3.8) is 0 Å². The summed E-state index contributed by atoms with van der Waals surface area (Å²) in [5, 5.41) is 0.385. The van der Waals surface area contributed by atoms with Crippen molar-refractivity contribution in [3.8, 4) is 11.5 Å². The quantitative estimate of drug-likeness (QED) is 0.790. The number of hydrogen-bond acceptors (Lipinski definition) is 3. The highest BCUT2D eigenvalue weighted by Gasteiger charge is 2.08. The van der Waals surface area contributed by atoms with Crippen LogP contribution in [0.2, 0.25) is 5.02 Å². The number of carbonyl (C=O) groups excluding carboxylic acids is 1. The number of aldehydes is 1. The molecule has 98 valence electrons. The summed E-state index contributed by atoms with van der Waals surface area (Å²) in [6, 6.07) is 12.7. The molecule has 0 amide bonds. The van der Waals surface area contributed by atoms with Crippen LogP contribution in [0.4, 0.5) is 5.69 Å². The van der Waals surface area contributed by atoms with E-state index in [9.17, 15) is 4.79 Å². The van der Waals surface area contributed by atoms with E-state index in [1.165, 1.54) is 0 Å². The standard InChI is InChI=1S/C15H14ClNO2/c1-17(2)11-5-3-6-12(9-11)19-15-8-4-7-14(16)13(15)10-18/h3-10H,1-2H3. The highest BCUT2D eigenvalue weighted by Crippen LogP contribution is 2.30. The fraction of sp³-hybridized carbons (Fsp3) is 0.133. The number of carbonyl (C=O) groups is 1. The summed E-state index contributed by atoms with van der Waals surface area (Å²) in [6.07, 6.45) is 0.702. The second-order valence-corrected chi connectivity index (χ2v) is 4.67. The number of halogens is 1. The van der Waals surface area contributed by atoms with Gasteiger partial charge in [-0.25, -0.2) is 0 Å². The van der Waals surface area contributed by atoms with E-state index < -0.39 is 0 Å². The number of nitrogens with zero attached hydrogens (tertiary/aromatic N) is 1. The first-order chi connectivity index (χ1) is 9.11. The molecule has 0 bridgehead atoms. The number of hydrogen-bond donors (Lipinski definition) is 0. The maximum absolute atomic E-state index is 11.0. The molecular weight excluding hydrogens is 262 g/mol. The van der Waals surface area contributed by atoms with Crippen LogP contribution in [0.1, 0.15) is 10.4 Å². The van der Waals surface area contributed by atoms with Crippen LogP contribution in [0.15, 0.2) is 42.5 Å². The first-order valence-corrected chi connectivity index (χ1v) is 6.18. The Morgan fingerprint density at radius 3 is 2.58 bits per heavy atom. The van der Waals surface area contributed by atoms with Crippen molar-refractivity contribution >= 4 is 23.6 Å². The van der Waals surface area contributed by atoms with E-state index in [2.05, 4.69) is 0 Å². The zero-order chi connectivity index (χ0) is 13.8. The maximum Gasteiger partial charge on any atom is 0.155 e. The molecule has 19 heavy (non-hydrogen) atoms. The van der Waals surface area contributed by atoms with E-state index in [0.717, 1.165) is 5.69 Å². The third-order valence-electron chi connectivity index (χ3n) is 2.69. The summed E-state index contributed by atoms with van der Waals surface area (Å²) in [7, 11) is 3.91. The van der Waals surface area contributed by atoms with E-state index in [-0.39, 0.29) is 0 Å². The lowest BCUT2D eigenvalue weighted by molar-refractivity contribution is 0.112. The van der Waals surface area contributed by atoms with Gasteiger partial charge in [-0.3, -0.25) is 4.79 Å². The number of rotatable bonds is 4. The molecular formula is C15H14ClNO2. The van der Waals surface area contributed by atoms with E-state index >= 15 is 0 Å². The summed E-state index contributed by atoms with van der Waals surface area (Å²) in [5.74, 6) is 1.12. The van der Waals surface area contributed by atoms with Crippen molar-refractivity contribution < 1.29 is 9.53 Å². The molecule has 0 aliphatic carbocycles. The normalized spacial score (nSPS) is 10.1. The first kappa shape index (κ1) is 13.4. The Kier molecular flexibility index (Phi) is 4.07. The predicted molar refractivity (Wildman–Crippen MR) is 77.7 cm³/mol. The fourth-order valence-electron chi connectivity index (χ4n) is 1.67. The minimum absolute atomic E-state index is 0.361. The molecule has 0 unspecified atom stereocenters. The van der Waals surface area contributed by atoms with Crippen molar-refractivity contribution in [1.82, 2.24) is 0 Å². The minimum atomic E-state index is 0.361. The van der Waals surface area contributed by atoms with Gasteiger partial charge in [0.05, 0.1) is 10.6 Å². The number of ether oxygens (including phenoxy) is 1. The van der Waals surface area contributed by atoms with Gasteiger partial charge in [0.1, 0.15) is 11.5 Å². The van der Waals surface area contributed by atoms with Crippen molar-refractivity contribution in [2.45, 2.75) is 0 Å². The Hall–Kier alpha value is -2.00. The Balaban J connectivity index is 2.33. The van der Waals surface area contributed by atoms with E-state index in [0.29, 0.717) is 28.4 Å². The first-order valence-electron chi connectivity index (χ1n) is 5.81. The molecule has 2 aromatic rings. The molecule has 0 heterocycles. The van der Waals surface area contributed by atoms with Gasteiger partial charge in [0, 0.05) is 25.8 Å². The second kappa shape index (κ2) is 5.76. The fourth-order valence-corrected chi connectivity index (χ4v) is 1.88. The third-order valence-corrected chi connectivity index (χ3v) is 3.02. The lowest BCUT2D eigenvalue weighted by Crippen LogP contribution is -2.08. The molecule has 0 aromatic heterocycles. The van der Waals surface area contributed by atoms with Gasteiger partial charge in [-0.1, -0.05) is 23.7 Å². The molecule has 0 atom stereocenters. The Labute approximate surface area is 117 Å². The number of anilines is 1. The Morgan fingerprint density at radius 2 is 1.89 bits per heavy atom. The summed E-state index contributed by atoms with van der Waals surface area (Å²) in [6.45, 7) is 0. The van der Waals surface area contributed by atoms with Crippen LogP contribution in [-0.4, -0.2) is 20.4 Å². The topological polar surface area (TPSA) is 29.5 Å². The molecule has 0 aliphatic heterocycles. The van der Waals surface area contributed by atoms with Crippen LogP contribution in [0.25, 0.3) is 0 Å². The molecule has 0 radical (unpaired) electrons. The molecule has 0 spiro atoms. The van der Waals surface area contributed by atoms with Crippen LogP contribution < -0.4 is 9.64 Å². The molecule has 0 fully saturated rings. The van der Waals surface area contributed by atoms with Gasteiger partial charge < -0.3 is 9.64 Å². The zero-order valence-electron chi connectivity index (χ0n) is 10.8. The van der Waals surface area contributed by atoms with Gasteiger partial charge in [0.25, 0.3) is 0 Å². The zero-order valence-corrected chi connectivity index (χ0v) is 11.5. The molecule has 0 saturated carbocycles. The molecule has 2 aromatic carbocycles. The molecule has 4 heteroatoms. The van der Waals surface area contributed by atoms with Gasteiger partial charge in [0.15, 0.2) is 6.29 Å². The smallest absolute Gasteiger partial charge is 0.155 e. The average Bonchev–Trinajstić information content (AvgIpc) is 2.39. The van der Waals surface area contributed by atoms with Crippen molar-refractivity contribution in [1.29, 1.82) is 0 Å². The Bertz CT molecular complexity index is 596. The molecule has 0 saturated heterocycles. The van der Waals surface area contributed by atoms with Gasteiger partial charge >= 0.3 is 0 Å². The molecule has 3 nitrogen and oxygen atoms in total. The lowest BCUT2D eigenvalue weighted by atomic mass is 10.2. The van der Waals surface area contributed by atoms with Crippen LogP contribution in [0.3, 0.4) is 0 Å². The predicted octanol–water partition coefficient (Wildman–Crippen LogP) is 4.01.